The summed E-state index contributed by atoms with van der Waals surface area (Å²) < 4.78 is 6.05. The Bertz CT molecular complexity index is 804. The summed E-state index contributed by atoms with van der Waals surface area (Å²) in [5.41, 5.74) is 4.51. The minimum absolute atomic E-state index is 0.209. The van der Waals surface area contributed by atoms with Crippen LogP contribution in [0.3, 0.4) is 0 Å². The SMILES string of the molecule is CN(C(=O)OC1c2ccccc2-c2ccccc21)C1CCC2CNCC21. The van der Waals surface area contributed by atoms with E-state index in [-0.39, 0.29) is 18.2 Å². The van der Waals surface area contributed by atoms with Crippen molar-refractivity contribution in [2.75, 3.05) is 20.1 Å². The molecule has 3 aliphatic rings. The predicted molar refractivity (Wildman–Crippen MR) is 101 cm³/mol. The van der Waals surface area contributed by atoms with Crippen LogP contribution in [0.25, 0.3) is 11.1 Å². The summed E-state index contributed by atoms with van der Waals surface area (Å²) in [6.07, 6.45) is 1.77. The van der Waals surface area contributed by atoms with Crippen molar-refractivity contribution in [3.05, 3.63) is 59.7 Å². The Morgan fingerprint density at radius 3 is 2.35 bits per heavy atom. The lowest BCUT2D eigenvalue weighted by Crippen LogP contribution is -2.41. The van der Waals surface area contributed by atoms with E-state index in [4.69, 9.17) is 4.74 Å². The van der Waals surface area contributed by atoms with Crippen LogP contribution in [-0.2, 0) is 4.74 Å². The molecule has 0 radical (unpaired) electrons. The van der Waals surface area contributed by atoms with E-state index in [1.54, 1.807) is 0 Å². The first-order valence-electron chi connectivity index (χ1n) is 9.56. The molecule has 3 atom stereocenters. The van der Waals surface area contributed by atoms with Crippen molar-refractivity contribution in [3.8, 4) is 11.1 Å². The minimum atomic E-state index is -0.309. The fourth-order valence-electron chi connectivity index (χ4n) is 5.16. The van der Waals surface area contributed by atoms with Gasteiger partial charge in [0.05, 0.1) is 0 Å². The second kappa shape index (κ2) is 6.13. The molecule has 134 valence electrons. The van der Waals surface area contributed by atoms with Gasteiger partial charge in [0.15, 0.2) is 6.10 Å². The number of nitrogens with zero attached hydrogens (tertiary/aromatic N) is 1. The molecule has 1 amide bonds. The van der Waals surface area contributed by atoms with Crippen molar-refractivity contribution < 1.29 is 9.53 Å². The van der Waals surface area contributed by atoms with Gasteiger partial charge in [0, 0.05) is 30.8 Å². The van der Waals surface area contributed by atoms with Gasteiger partial charge < -0.3 is 15.0 Å². The average Bonchev–Trinajstić information content (AvgIpc) is 3.36. The molecule has 26 heavy (non-hydrogen) atoms. The molecular formula is C22H24N2O2. The van der Waals surface area contributed by atoms with Crippen LogP contribution in [0, 0.1) is 11.8 Å². The molecule has 0 spiro atoms. The van der Waals surface area contributed by atoms with Crippen LogP contribution >= 0.6 is 0 Å². The molecule has 2 fully saturated rings. The van der Waals surface area contributed by atoms with E-state index >= 15 is 0 Å². The van der Waals surface area contributed by atoms with Gasteiger partial charge in [-0.1, -0.05) is 48.5 Å². The van der Waals surface area contributed by atoms with Gasteiger partial charge in [-0.05, 0) is 42.3 Å². The van der Waals surface area contributed by atoms with Crippen molar-refractivity contribution in [2.45, 2.75) is 25.0 Å². The number of hydrogen-bond acceptors (Lipinski definition) is 3. The smallest absolute Gasteiger partial charge is 0.410 e. The minimum Gasteiger partial charge on any atom is -0.436 e. The van der Waals surface area contributed by atoms with Gasteiger partial charge in [0.2, 0.25) is 0 Å². The quantitative estimate of drug-likeness (QED) is 0.897. The summed E-state index contributed by atoms with van der Waals surface area (Å²) in [4.78, 5) is 14.8. The lowest BCUT2D eigenvalue weighted by atomic mass is 9.97. The van der Waals surface area contributed by atoms with Gasteiger partial charge in [-0.15, -0.1) is 0 Å². The number of benzene rings is 2. The van der Waals surface area contributed by atoms with Gasteiger partial charge in [-0.25, -0.2) is 4.79 Å². The molecule has 1 heterocycles. The second-order valence-electron chi connectivity index (χ2n) is 7.78. The van der Waals surface area contributed by atoms with Gasteiger partial charge >= 0.3 is 6.09 Å². The van der Waals surface area contributed by atoms with Gasteiger partial charge in [-0.3, -0.25) is 0 Å². The number of fused-ring (bicyclic) bond motifs is 4. The van der Waals surface area contributed by atoms with Crippen LogP contribution < -0.4 is 5.32 Å². The zero-order valence-corrected chi connectivity index (χ0v) is 15.0. The maximum atomic E-state index is 13.0. The maximum absolute atomic E-state index is 13.0. The number of carbonyl (C=O) groups excluding carboxylic acids is 1. The normalized spacial score (nSPS) is 26.3. The van der Waals surface area contributed by atoms with E-state index in [9.17, 15) is 4.79 Å². The van der Waals surface area contributed by atoms with E-state index in [0.29, 0.717) is 11.8 Å². The maximum Gasteiger partial charge on any atom is 0.410 e. The predicted octanol–water partition coefficient (Wildman–Crippen LogP) is 3.82. The van der Waals surface area contributed by atoms with Crippen LogP contribution in [0.1, 0.15) is 30.1 Å². The molecule has 1 saturated carbocycles. The lowest BCUT2D eigenvalue weighted by Gasteiger charge is -2.29. The third-order valence-corrected chi connectivity index (χ3v) is 6.50. The van der Waals surface area contributed by atoms with Crippen molar-refractivity contribution >= 4 is 6.09 Å². The highest BCUT2D eigenvalue weighted by molar-refractivity contribution is 5.79. The molecule has 5 rings (SSSR count). The molecule has 2 aromatic carbocycles. The second-order valence-corrected chi connectivity index (χ2v) is 7.78. The van der Waals surface area contributed by atoms with Gasteiger partial charge in [-0.2, -0.15) is 0 Å². The topological polar surface area (TPSA) is 41.6 Å². The molecule has 1 saturated heterocycles. The van der Waals surface area contributed by atoms with Crippen LogP contribution in [0.4, 0.5) is 4.79 Å². The number of ether oxygens (including phenoxy) is 1. The Kier molecular flexibility index (Phi) is 3.75. The first kappa shape index (κ1) is 15.9. The van der Waals surface area contributed by atoms with E-state index < -0.39 is 0 Å². The zero-order chi connectivity index (χ0) is 17.7. The monoisotopic (exact) mass is 348 g/mol. The molecule has 3 unspecified atom stereocenters. The van der Waals surface area contributed by atoms with E-state index in [2.05, 4.69) is 29.6 Å². The van der Waals surface area contributed by atoms with Gasteiger partial charge in [0.1, 0.15) is 0 Å². The van der Waals surface area contributed by atoms with Gasteiger partial charge in [0.25, 0.3) is 0 Å². The van der Waals surface area contributed by atoms with Crippen molar-refractivity contribution in [1.29, 1.82) is 0 Å². The first-order valence-corrected chi connectivity index (χ1v) is 9.56. The fraction of sp³-hybridized carbons (Fsp3) is 0.409. The zero-order valence-electron chi connectivity index (χ0n) is 15.0. The van der Waals surface area contributed by atoms with E-state index in [1.807, 2.05) is 36.2 Å². The van der Waals surface area contributed by atoms with Crippen LogP contribution in [-0.4, -0.2) is 37.2 Å². The summed E-state index contributed by atoms with van der Waals surface area (Å²) in [5, 5.41) is 3.47. The van der Waals surface area contributed by atoms with Crippen molar-refractivity contribution in [1.82, 2.24) is 10.2 Å². The first-order chi connectivity index (χ1) is 12.7. The summed E-state index contributed by atoms with van der Waals surface area (Å²) in [7, 11) is 1.90. The summed E-state index contributed by atoms with van der Waals surface area (Å²) in [5.74, 6) is 1.28. The molecule has 4 heteroatoms. The highest BCUT2D eigenvalue weighted by Crippen LogP contribution is 2.45. The number of hydrogen-bond donors (Lipinski definition) is 1. The Morgan fingerprint density at radius 2 is 1.65 bits per heavy atom. The largest absolute Gasteiger partial charge is 0.436 e. The molecule has 0 bridgehead atoms. The highest BCUT2D eigenvalue weighted by atomic mass is 16.6. The van der Waals surface area contributed by atoms with E-state index in [1.165, 1.54) is 17.5 Å². The van der Waals surface area contributed by atoms with Crippen LogP contribution in [0.15, 0.2) is 48.5 Å². The van der Waals surface area contributed by atoms with E-state index in [0.717, 1.165) is 30.6 Å². The molecule has 4 nitrogen and oxygen atoms in total. The standard InChI is InChI=1S/C22H24N2O2/c1-24(20-11-10-14-12-23-13-19(14)20)22(25)26-21-17-8-4-2-6-15(17)16-7-3-5-9-18(16)21/h2-9,14,19-21,23H,10-13H2,1H3. The Hall–Kier alpha value is -2.33. The van der Waals surface area contributed by atoms with Crippen LogP contribution in [0.5, 0.6) is 0 Å². The Morgan fingerprint density at radius 1 is 1.00 bits per heavy atom. The number of amides is 1. The Labute approximate surface area is 154 Å². The summed E-state index contributed by atoms with van der Waals surface area (Å²) in [6, 6.07) is 16.8. The van der Waals surface area contributed by atoms with Crippen molar-refractivity contribution in [2.24, 2.45) is 11.8 Å². The molecule has 2 aromatic rings. The molecule has 1 aliphatic heterocycles. The average molecular weight is 348 g/mol. The summed E-state index contributed by atoms with van der Waals surface area (Å²) in [6.45, 7) is 2.11. The number of rotatable bonds is 2. The summed E-state index contributed by atoms with van der Waals surface area (Å²) >= 11 is 0. The molecular weight excluding hydrogens is 324 g/mol. The Balaban J connectivity index is 1.40. The molecule has 1 N–H and O–H groups in total. The molecule has 2 aliphatic carbocycles. The number of nitrogens with one attached hydrogen (secondary N) is 1. The highest BCUT2D eigenvalue weighted by Gasteiger charge is 2.43. The van der Waals surface area contributed by atoms with Crippen LogP contribution in [0.2, 0.25) is 0 Å². The number of carbonyl (C=O) groups is 1. The molecule has 0 aromatic heterocycles. The fourth-order valence-corrected chi connectivity index (χ4v) is 5.16. The third-order valence-electron chi connectivity index (χ3n) is 6.50. The third kappa shape index (κ3) is 2.36. The lowest BCUT2D eigenvalue weighted by molar-refractivity contribution is 0.0681. The van der Waals surface area contributed by atoms with Crippen molar-refractivity contribution in [3.63, 3.8) is 0 Å².